The van der Waals surface area contributed by atoms with Gasteiger partial charge in [0.1, 0.15) is 0 Å². The van der Waals surface area contributed by atoms with E-state index in [2.05, 4.69) is 11.8 Å². The van der Waals surface area contributed by atoms with Gasteiger partial charge in [0, 0.05) is 18.6 Å². The van der Waals surface area contributed by atoms with E-state index in [0.29, 0.717) is 6.42 Å². The Bertz CT molecular complexity index is 347. The van der Waals surface area contributed by atoms with Crippen molar-refractivity contribution in [3.8, 4) is 11.8 Å². The SMILES string of the molecule is OCCC#Cc1ccccc1CCCO. The third-order valence-electron chi connectivity index (χ3n) is 2.08. The maximum Gasteiger partial charge on any atom is 0.0540 e. The highest BCUT2D eigenvalue weighted by Crippen LogP contribution is 2.09. The molecule has 1 aromatic carbocycles. The largest absolute Gasteiger partial charge is 0.396 e. The van der Waals surface area contributed by atoms with Crippen LogP contribution in [0.5, 0.6) is 0 Å². The Kier molecular flexibility index (Phi) is 5.54. The van der Waals surface area contributed by atoms with Gasteiger partial charge in [0.25, 0.3) is 0 Å². The molecule has 0 atom stereocenters. The van der Waals surface area contributed by atoms with Gasteiger partial charge in [0.2, 0.25) is 0 Å². The van der Waals surface area contributed by atoms with Crippen LogP contribution < -0.4 is 0 Å². The lowest BCUT2D eigenvalue weighted by Crippen LogP contribution is -1.93. The highest BCUT2D eigenvalue weighted by molar-refractivity contribution is 5.41. The molecule has 15 heavy (non-hydrogen) atoms. The zero-order valence-corrected chi connectivity index (χ0v) is 8.74. The summed E-state index contributed by atoms with van der Waals surface area (Å²) in [6.45, 7) is 0.310. The molecule has 0 aliphatic carbocycles. The Hall–Kier alpha value is -1.30. The molecule has 0 aliphatic rings. The maximum atomic E-state index is 8.76. The van der Waals surface area contributed by atoms with Crippen LogP contribution in [0.3, 0.4) is 0 Å². The second-order valence-corrected chi connectivity index (χ2v) is 3.26. The summed E-state index contributed by atoms with van der Waals surface area (Å²) in [4.78, 5) is 0. The van der Waals surface area contributed by atoms with Crippen molar-refractivity contribution in [3.05, 3.63) is 35.4 Å². The molecule has 80 valence electrons. The molecule has 0 spiro atoms. The Morgan fingerprint density at radius 3 is 2.60 bits per heavy atom. The van der Waals surface area contributed by atoms with Gasteiger partial charge in [0.15, 0.2) is 0 Å². The molecule has 0 amide bonds. The van der Waals surface area contributed by atoms with Crippen LogP contribution in [0.25, 0.3) is 0 Å². The van der Waals surface area contributed by atoms with E-state index in [4.69, 9.17) is 10.2 Å². The molecule has 0 radical (unpaired) electrons. The number of benzene rings is 1. The molecule has 0 saturated carbocycles. The molecule has 0 heterocycles. The van der Waals surface area contributed by atoms with Crippen LogP contribution in [0.2, 0.25) is 0 Å². The van der Waals surface area contributed by atoms with Crippen molar-refractivity contribution in [1.82, 2.24) is 0 Å². The van der Waals surface area contributed by atoms with Crippen molar-refractivity contribution >= 4 is 0 Å². The van der Waals surface area contributed by atoms with Crippen molar-refractivity contribution in [2.24, 2.45) is 0 Å². The van der Waals surface area contributed by atoms with Gasteiger partial charge in [0.05, 0.1) is 6.61 Å². The summed E-state index contributed by atoms with van der Waals surface area (Å²) >= 11 is 0. The van der Waals surface area contributed by atoms with E-state index in [1.165, 1.54) is 0 Å². The summed E-state index contributed by atoms with van der Waals surface area (Å²) < 4.78 is 0. The molecule has 0 aromatic heterocycles. The fraction of sp³-hybridized carbons (Fsp3) is 0.385. The van der Waals surface area contributed by atoms with Gasteiger partial charge in [-0.1, -0.05) is 30.0 Å². The molecule has 1 rings (SSSR count). The van der Waals surface area contributed by atoms with Crippen LogP contribution in [-0.2, 0) is 6.42 Å². The minimum atomic E-state index is 0.103. The quantitative estimate of drug-likeness (QED) is 0.727. The first-order valence-electron chi connectivity index (χ1n) is 5.17. The van der Waals surface area contributed by atoms with Gasteiger partial charge < -0.3 is 10.2 Å². The molecule has 2 heteroatoms. The number of aryl methyl sites for hydroxylation is 1. The lowest BCUT2D eigenvalue weighted by molar-refractivity contribution is 0.288. The normalized spacial score (nSPS) is 9.47. The van der Waals surface area contributed by atoms with Gasteiger partial charge in [-0.3, -0.25) is 0 Å². The highest BCUT2D eigenvalue weighted by atomic mass is 16.3. The Balaban J connectivity index is 2.73. The number of rotatable bonds is 4. The molecular formula is C13H16O2. The van der Waals surface area contributed by atoms with Crippen LogP contribution in [-0.4, -0.2) is 23.4 Å². The molecule has 0 bridgehead atoms. The lowest BCUT2D eigenvalue weighted by atomic mass is 10.0. The summed E-state index contributed by atoms with van der Waals surface area (Å²) in [6.07, 6.45) is 2.12. The predicted molar refractivity (Wildman–Crippen MR) is 60.4 cm³/mol. The number of aliphatic hydroxyl groups excluding tert-OH is 2. The molecule has 1 aromatic rings. The van der Waals surface area contributed by atoms with E-state index in [0.717, 1.165) is 24.0 Å². The predicted octanol–water partition coefficient (Wildman–Crippen LogP) is 1.35. The average Bonchev–Trinajstić information content (AvgIpc) is 2.28. The Morgan fingerprint density at radius 1 is 1.07 bits per heavy atom. The lowest BCUT2D eigenvalue weighted by Gasteiger charge is -2.02. The maximum absolute atomic E-state index is 8.76. The molecule has 2 nitrogen and oxygen atoms in total. The highest BCUT2D eigenvalue weighted by Gasteiger charge is 1.97. The first-order valence-corrected chi connectivity index (χ1v) is 5.17. The fourth-order valence-electron chi connectivity index (χ4n) is 1.34. The first kappa shape index (κ1) is 11.8. The van der Waals surface area contributed by atoms with Crippen molar-refractivity contribution < 1.29 is 10.2 Å². The monoisotopic (exact) mass is 204 g/mol. The summed E-state index contributed by atoms with van der Waals surface area (Å²) in [6, 6.07) is 7.92. The standard InChI is InChI=1S/C13H16O2/c14-10-4-3-8-12-6-1-2-7-13(12)9-5-11-15/h1-2,6-7,14-15H,4-5,9-11H2. The van der Waals surface area contributed by atoms with Gasteiger partial charge in [-0.2, -0.15) is 0 Å². The van der Waals surface area contributed by atoms with Crippen LogP contribution in [0.15, 0.2) is 24.3 Å². The third-order valence-corrected chi connectivity index (χ3v) is 2.08. The van der Waals surface area contributed by atoms with Crippen molar-refractivity contribution in [2.75, 3.05) is 13.2 Å². The third kappa shape index (κ3) is 4.16. The van der Waals surface area contributed by atoms with Crippen molar-refractivity contribution in [2.45, 2.75) is 19.3 Å². The van der Waals surface area contributed by atoms with E-state index in [1.807, 2.05) is 24.3 Å². The summed E-state index contributed by atoms with van der Waals surface area (Å²) in [5.74, 6) is 5.94. The first-order chi connectivity index (χ1) is 7.38. The molecule has 0 fully saturated rings. The smallest absolute Gasteiger partial charge is 0.0540 e. The van der Waals surface area contributed by atoms with Crippen molar-refractivity contribution in [3.63, 3.8) is 0 Å². The Labute approximate surface area is 90.6 Å². The second-order valence-electron chi connectivity index (χ2n) is 3.26. The molecule has 0 aliphatic heterocycles. The minimum absolute atomic E-state index is 0.103. The molecular weight excluding hydrogens is 188 g/mol. The molecule has 0 saturated heterocycles. The summed E-state index contributed by atoms with van der Waals surface area (Å²) in [5, 5.41) is 17.4. The van der Waals surface area contributed by atoms with Gasteiger partial charge in [-0.05, 0) is 24.5 Å². The fourth-order valence-corrected chi connectivity index (χ4v) is 1.34. The minimum Gasteiger partial charge on any atom is -0.396 e. The topological polar surface area (TPSA) is 40.5 Å². The summed E-state index contributed by atoms with van der Waals surface area (Å²) in [7, 11) is 0. The summed E-state index contributed by atoms with van der Waals surface area (Å²) in [5.41, 5.74) is 2.16. The Morgan fingerprint density at radius 2 is 1.87 bits per heavy atom. The van der Waals surface area contributed by atoms with Crippen LogP contribution in [0.4, 0.5) is 0 Å². The number of aliphatic hydroxyl groups is 2. The van der Waals surface area contributed by atoms with Crippen LogP contribution >= 0.6 is 0 Å². The molecule has 2 N–H and O–H groups in total. The van der Waals surface area contributed by atoms with E-state index in [1.54, 1.807) is 0 Å². The average molecular weight is 204 g/mol. The number of hydrogen-bond donors (Lipinski definition) is 2. The van der Waals surface area contributed by atoms with Gasteiger partial charge >= 0.3 is 0 Å². The van der Waals surface area contributed by atoms with E-state index in [9.17, 15) is 0 Å². The van der Waals surface area contributed by atoms with E-state index in [-0.39, 0.29) is 13.2 Å². The second kappa shape index (κ2) is 7.05. The van der Waals surface area contributed by atoms with Gasteiger partial charge in [-0.15, -0.1) is 0 Å². The van der Waals surface area contributed by atoms with Crippen LogP contribution in [0.1, 0.15) is 24.0 Å². The zero-order valence-electron chi connectivity index (χ0n) is 8.74. The number of hydrogen-bond acceptors (Lipinski definition) is 2. The zero-order chi connectivity index (χ0) is 10.9. The van der Waals surface area contributed by atoms with E-state index >= 15 is 0 Å². The molecule has 0 unspecified atom stereocenters. The van der Waals surface area contributed by atoms with E-state index < -0.39 is 0 Å². The van der Waals surface area contributed by atoms with Gasteiger partial charge in [-0.25, -0.2) is 0 Å². The van der Waals surface area contributed by atoms with Crippen molar-refractivity contribution in [1.29, 1.82) is 0 Å². The van der Waals surface area contributed by atoms with Crippen LogP contribution in [0, 0.1) is 11.8 Å².